The van der Waals surface area contributed by atoms with Crippen LogP contribution in [-0.4, -0.2) is 32.8 Å². The first-order chi connectivity index (χ1) is 8.34. The number of halogens is 1. The maximum Gasteiger partial charge on any atom is 0.150 e. The van der Waals surface area contributed by atoms with Gasteiger partial charge < -0.3 is 4.90 Å². The lowest BCUT2D eigenvalue weighted by molar-refractivity contribution is 0.494. The standard InChI is InChI=1S/C11H12ClN5/c12-10-6-13-8-14-11(10)16-5-2-9(7-16)17-4-1-3-15-17/h1,3-4,6,8-9H,2,5,7H2. The Hall–Kier alpha value is -1.62. The van der Waals surface area contributed by atoms with E-state index in [1.807, 2.05) is 16.9 Å². The van der Waals surface area contributed by atoms with Crippen molar-refractivity contribution in [1.29, 1.82) is 0 Å². The fraction of sp³-hybridized carbons (Fsp3) is 0.364. The Kier molecular flexibility index (Phi) is 2.68. The topological polar surface area (TPSA) is 46.8 Å². The lowest BCUT2D eigenvalue weighted by Crippen LogP contribution is -2.22. The van der Waals surface area contributed by atoms with E-state index in [0.29, 0.717) is 11.1 Å². The third kappa shape index (κ3) is 1.98. The Bertz CT molecular complexity index is 498. The van der Waals surface area contributed by atoms with Crippen molar-refractivity contribution in [2.75, 3.05) is 18.0 Å². The van der Waals surface area contributed by atoms with Gasteiger partial charge >= 0.3 is 0 Å². The van der Waals surface area contributed by atoms with Crippen molar-refractivity contribution in [1.82, 2.24) is 19.7 Å². The molecule has 17 heavy (non-hydrogen) atoms. The second-order valence-corrected chi connectivity index (χ2v) is 4.48. The molecule has 3 heterocycles. The largest absolute Gasteiger partial charge is 0.353 e. The molecule has 88 valence electrons. The van der Waals surface area contributed by atoms with Crippen molar-refractivity contribution in [3.63, 3.8) is 0 Å². The van der Waals surface area contributed by atoms with Crippen LogP contribution in [0.3, 0.4) is 0 Å². The van der Waals surface area contributed by atoms with Crippen molar-refractivity contribution in [3.8, 4) is 0 Å². The van der Waals surface area contributed by atoms with E-state index in [4.69, 9.17) is 11.6 Å². The van der Waals surface area contributed by atoms with Gasteiger partial charge in [-0.2, -0.15) is 5.10 Å². The van der Waals surface area contributed by atoms with Crippen molar-refractivity contribution < 1.29 is 0 Å². The molecule has 2 aromatic rings. The molecule has 0 spiro atoms. The molecule has 1 aliphatic rings. The summed E-state index contributed by atoms with van der Waals surface area (Å²) >= 11 is 6.09. The van der Waals surface area contributed by atoms with Crippen molar-refractivity contribution in [2.24, 2.45) is 0 Å². The van der Waals surface area contributed by atoms with E-state index in [1.54, 1.807) is 12.4 Å². The SMILES string of the molecule is Clc1cncnc1N1CCC(n2cccn2)C1. The molecule has 0 saturated carbocycles. The van der Waals surface area contributed by atoms with Gasteiger partial charge in [0.1, 0.15) is 11.3 Å². The summed E-state index contributed by atoms with van der Waals surface area (Å²) in [5.74, 6) is 0.816. The van der Waals surface area contributed by atoms with Gasteiger partial charge in [0.25, 0.3) is 0 Å². The van der Waals surface area contributed by atoms with Crippen LogP contribution in [0.5, 0.6) is 0 Å². The van der Waals surface area contributed by atoms with Crippen LogP contribution in [-0.2, 0) is 0 Å². The maximum absolute atomic E-state index is 6.09. The molecule has 0 aromatic carbocycles. The highest BCUT2D eigenvalue weighted by Gasteiger charge is 2.26. The second-order valence-electron chi connectivity index (χ2n) is 4.07. The zero-order valence-corrected chi connectivity index (χ0v) is 9.96. The molecular formula is C11H12ClN5. The van der Waals surface area contributed by atoms with Gasteiger partial charge in [-0.25, -0.2) is 9.97 Å². The van der Waals surface area contributed by atoms with Gasteiger partial charge in [-0.1, -0.05) is 11.6 Å². The minimum atomic E-state index is 0.399. The highest BCUT2D eigenvalue weighted by atomic mass is 35.5. The zero-order chi connectivity index (χ0) is 11.7. The molecule has 0 aliphatic carbocycles. The molecule has 0 bridgehead atoms. The van der Waals surface area contributed by atoms with E-state index in [9.17, 15) is 0 Å². The highest BCUT2D eigenvalue weighted by Crippen LogP contribution is 2.29. The zero-order valence-electron chi connectivity index (χ0n) is 9.20. The number of hydrogen-bond acceptors (Lipinski definition) is 4. The summed E-state index contributed by atoms with van der Waals surface area (Å²) in [4.78, 5) is 10.3. The monoisotopic (exact) mass is 249 g/mol. The molecule has 5 nitrogen and oxygen atoms in total. The molecule has 1 unspecified atom stereocenters. The summed E-state index contributed by atoms with van der Waals surface area (Å²) in [5, 5.41) is 4.88. The van der Waals surface area contributed by atoms with E-state index in [1.165, 1.54) is 6.33 Å². The fourth-order valence-corrected chi connectivity index (χ4v) is 2.41. The minimum Gasteiger partial charge on any atom is -0.353 e. The van der Waals surface area contributed by atoms with E-state index in [0.717, 1.165) is 25.3 Å². The molecule has 1 saturated heterocycles. The predicted molar refractivity (Wildman–Crippen MR) is 65.1 cm³/mol. The summed E-state index contributed by atoms with van der Waals surface area (Å²) in [6.07, 6.45) is 8.02. The number of rotatable bonds is 2. The van der Waals surface area contributed by atoms with E-state index >= 15 is 0 Å². The van der Waals surface area contributed by atoms with Gasteiger partial charge in [0.2, 0.25) is 0 Å². The van der Waals surface area contributed by atoms with E-state index < -0.39 is 0 Å². The smallest absolute Gasteiger partial charge is 0.150 e. The average molecular weight is 250 g/mol. The van der Waals surface area contributed by atoms with Gasteiger partial charge in [0.05, 0.1) is 12.2 Å². The van der Waals surface area contributed by atoms with Crippen LogP contribution in [0.15, 0.2) is 31.0 Å². The summed E-state index contributed by atoms with van der Waals surface area (Å²) in [6.45, 7) is 1.83. The fourth-order valence-electron chi connectivity index (χ4n) is 2.19. The van der Waals surface area contributed by atoms with Crippen molar-refractivity contribution in [2.45, 2.75) is 12.5 Å². The minimum absolute atomic E-state index is 0.399. The Balaban J connectivity index is 1.79. The van der Waals surface area contributed by atoms with Crippen LogP contribution in [0, 0.1) is 0 Å². The van der Waals surface area contributed by atoms with Gasteiger partial charge in [0, 0.05) is 25.5 Å². The Labute approximate surface area is 104 Å². The molecule has 2 aromatic heterocycles. The van der Waals surface area contributed by atoms with Crippen LogP contribution in [0.1, 0.15) is 12.5 Å². The molecule has 3 rings (SSSR count). The Morgan fingerprint density at radius 1 is 1.41 bits per heavy atom. The molecule has 0 N–H and O–H groups in total. The summed E-state index contributed by atoms with van der Waals surface area (Å²) in [5.41, 5.74) is 0. The number of nitrogens with zero attached hydrogens (tertiary/aromatic N) is 5. The third-order valence-corrected chi connectivity index (χ3v) is 3.28. The number of hydrogen-bond donors (Lipinski definition) is 0. The average Bonchev–Trinajstić information content (AvgIpc) is 3.00. The molecular weight excluding hydrogens is 238 g/mol. The van der Waals surface area contributed by atoms with Crippen LogP contribution >= 0.6 is 11.6 Å². The summed E-state index contributed by atoms with van der Waals surface area (Å²) in [6, 6.07) is 2.34. The molecule has 0 radical (unpaired) electrons. The quantitative estimate of drug-likeness (QED) is 0.814. The van der Waals surface area contributed by atoms with Gasteiger partial charge in [0.15, 0.2) is 5.82 Å². The first-order valence-corrected chi connectivity index (χ1v) is 5.92. The molecule has 1 atom stereocenters. The lowest BCUT2D eigenvalue weighted by atomic mass is 10.3. The van der Waals surface area contributed by atoms with E-state index in [-0.39, 0.29) is 0 Å². The number of aromatic nitrogens is 4. The van der Waals surface area contributed by atoms with Gasteiger partial charge in [-0.05, 0) is 12.5 Å². The van der Waals surface area contributed by atoms with Crippen molar-refractivity contribution in [3.05, 3.63) is 36.0 Å². The molecule has 6 heteroatoms. The third-order valence-electron chi connectivity index (χ3n) is 3.01. The Morgan fingerprint density at radius 3 is 3.12 bits per heavy atom. The van der Waals surface area contributed by atoms with Gasteiger partial charge in [-0.3, -0.25) is 4.68 Å². The molecule has 1 fully saturated rings. The lowest BCUT2D eigenvalue weighted by Gasteiger charge is -2.18. The predicted octanol–water partition coefficient (Wildman–Crippen LogP) is 1.78. The molecule has 0 amide bonds. The van der Waals surface area contributed by atoms with Crippen LogP contribution < -0.4 is 4.90 Å². The highest BCUT2D eigenvalue weighted by molar-refractivity contribution is 6.32. The van der Waals surface area contributed by atoms with Gasteiger partial charge in [-0.15, -0.1) is 0 Å². The maximum atomic E-state index is 6.09. The molecule has 1 aliphatic heterocycles. The Morgan fingerprint density at radius 2 is 2.35 bits per heavy atom. The van der Waals surface area contributed by atoms with E-state index in [2.05, 4.69) is 20.0 Å². The van der Waals surface area contributed by atoms with Crippen LogP contribution in [0.4, 0.5) is 5.82 Å². The second kappa shape index (κ2) is 4.33. The van der Waals surface area contributed by atoms with Crippen LogP contribution in [0.25, 0.3) is 0 Å². The van der Waals surface area contributed by atoms with Crippen LogP contribution in [0.2, 0.25) is 5.02 Å². The summed E-state index contributed by atoms with van der Waals surface area (Å²) < 4.78 is 2.00. The van der Waals surface area contributed by atoms with Crippen molar-refractivity contribution >= 4 is 17.4 Å². The normalized spacial score (nSPS) is 19.8. The first-order valence-electron chi connectivity index (χ1n) is 5.54. The summed E-state index contributed by atoms with van der Waals surface area (Å²) in [7, 11) is 0. The first kappa shape index (κ1) is 10.5. The number of anilines is 1.